The Bertz CT molecular complexity index is 1460. The molecule has 0 amide bonds. The molecule has 3 atom stereocenters. The minimum absolute atomic E-state index is 0.0445. The Balaban J connectivity index is 1.71. The molecule has 1 aliphatic rings. The van der Waals surface area contributed by atoms with Crippen LogP contribution >= 0.6 is 11.6 Å². The van der Waals surface area contributed by atoms with Crippen molar-refractivity contribution in [1.29, 1.82) is 0 Å². The van der Waals surface area contributed by atoms with Crippen molar-refractivity contribution in [3.8, 4) is 23.0 Å². The van der Waals surface area contributed by atoms with Crippen molar-refractivity contribution < 1.29 is 40.5 Å². The van der Waals surface area contributed by atoms with Gasteiger partial charge in [-0.3, -0.25) is 4.57 Å². The number of ether oxygens (including phenoxy) is 4. The van der Waals surface area contributed by atoms with Gasteiger partial charge in [-0.2, -0.15) is 13.2 Å². The quantitative estimate of drug-likeness (QED) is 0.309. The molecule has 0 unspecified atom stereocenters. The Morgan fingerprint density at radius 2 is 1.88 bits per heavy atom. The summed E-state index contributed by atoms with van der Waals surface area (Å²) in [7, 11) is -2.55. The Morgan fingerprint density at radius 1 is 1.17 bits per heavy atom. The number of halogens is 4. The van der Waals surface area contributed by atoms with Gasteiger partial charge in [-0.1, -0.05) is 11.6 Å². The number of hydrogen-bond acceptors (Lipinski definition) is 11. The zero-order chi connectivity index (χ0) is 29.9. The summed E-state index contributed by atoms with van der Waals surface area (Å²) in [5.74, 6) is -0.544. The van der Waals surface area contributed by atoms with Gasteiger partial charge in [0.25, 0.3) is 0 Å². The largest absolute Gasteiger partial charge is 0.485 e. The number of sulfone groups is 1. The molecule has 0 radical (unpaired) electrons. The SMILES string of the molecule is COC[C@H]1COc2c(OCC(F)(F)F)ccnc2-c2nnc(CS(=O)(=O)[C@@H](C)[C@@H](OC(C)C)c3ncc(Cl)cn3)n21. The maximum Gasteiger partial charge on any atom is 0.422 e. The van der Waals surface area contributed by atoms with E-state index >= 15 is 0 Å². The Hall–Kier alpha value is -3.08. The molecule has 0 saturated carbocycles. The third-order valence-electron chi connectivity index (χ3n) is 6.02. The Morgan fingerprint density at radius 3 is 2.51 bits per heavy atom. The Kier molecular flexibility index (Phi) is 9.35. The third-order valence-corrected chi connectivity index (χ3v) is 8.25. The van der Waals surface area contributed by atoms with E-state index in [1.54, 1.807) is 13.8 Å². The number of hydrogen-bond donors (Lipinski definition) is 0. The molecule has 3 aromatic heterocycles. The normalized spacial score (nSPS) is 16.9. The van der Waals surface area contributed by atoms with Crippen molar-refractivity contribution in [2.45, 2.75) is 56.2 Å². The lowest BCUT2D eigenvalue weighted by atomic mass is 10.2. The van der Waals surface area contributed by atoms with Crippen LogP contribution in [-0.4, -0.2) is 82.6 Å². The molecule has 0 spiro atoms. The summed E-state index contributed by atoms with van der Waals surface area (Å²) in [6, 6.07) is 0.598. The first-order valence-corrected chi connectivity index (χ1v) is 14.5. The number of aromatic nitrogens is 6. The van der Waals surface area contributed by atoms with E-state index in [4.69, 9.17) is 30.5 Å². The van der Waals surface area contributed by atoms with Crippen LogP contribution in [0.5, 0.6) is 11.5 Å². The van der Waals surface area contributed by atoms with Gasteiger partial charge in [0.2, 0.25) is 0 Å². The van der Waals surface area contributed by atoms with E-state index in [1.165, 1.54) is 43.3 Å². The molecule has 0 bridgehead atoms. The first-order valence-electron chi connectivity index (χ1n) is 12.4. The van der Waals surface area contributed by atoms with Crippen molar-refractivity contribution in [2.24, 2.45) is 0 Å². The fraction of sp³-hybridized carbons (Fsp3) is 0.542. The topological polar surface area (TPSA) is 140 Å². The second kappa shape index (κ2) is 12.4. The van der Waals surface area contributed by atoms with Crippen LogP contribution in [0, 0.1) is 0 Å². The molecular formula is C24H28ClF3N6O6S. The van der Waals surface area contributed by atoms with Gasteiger partial charge in [-0.15, -0.1) is 10.2 Å². The molecule has 0 N–H and O–H groups in total. The average molecular weight is 621 g/mol. The van der Waals surface area contributed by atoms with Gasteiger partial charge in [0.1, 0.15) is 24.3 Å². The van der Waals surface area contributed by atoms with Crippen LogP contribution in [0.4, 0.5) is 13.2 Å². The van der Waals surface area contributed by atoms with Crippen LogP contribution in [0.1, 0.15) is 44.6 Å². The van der Waals surface area contributed by atoms with E-state index in [2.05, 4.69) is 25.1 Å². The number of methoxy groups -OCH3 is 1. The molecule has 1 aliphatic heterocycles. The summed E-state index contributed by atoms with van der Waals surface area (Å²) < 4.78 is 89.4. The molecule has 4 rings (SSSR count). The van der Waals surface area contributed by atoms with E-state index in [0.29, 0.717) is 0 Å². The zero-order valence-electron chi connectivity index (χ0n) is 22.5. The number of fused-ring (bicyclic) bond motifs is 3. The van der Waals surface area contributed by atoms with Gasteiger partial charge in [-0.05, 0) is 20.8 Å². The molecule has 41 heavy (non-hydrogen) atoms. The lowest BCUT2D eigenvalue weighted by molar-refractivity contribution is -0.153. The summed E-state index contributed by atoms with van der Waals surface area (Å²) in [6.07, 6.45) is -2.00. The fourth-order valence-electron chi connectivity index (χ4n) is 4.18. The highest BCUT2D eigenvalue weighted by Gasteiger charge is 2.38. The minimum atomic E-state index is -4.58. The van der Waals surface area contributed by atoms with E-state index in [9.17, 15) is 21.6 Å². The van der Waals surface area contributed by atoms with Crippen molar-refractivity contribution in [3.05, 3.63) is 41.3 Å². The number of pyridine rings is 1. The lowest BCUT2D eigenvalue weighted by Crippen LogP contribution is -2.32. The third kappa shape index (κ3) is 7.23. The van der Waals surface area contributed by atoms with Crippen LogP contribution in [0.2, 0.25) is 5.02 Å². The summed E-state index contributed by atoms with van der Waals surface area (Å²) in [5, 5.41) is 7.44. The molecule has 0 saturated heterocycles. The van der Waals surface area contributed by atoms with Crippen LogP contribution in [0.3, 0.4) is 0 Å². The fourth-order valence-corrected chi connectivity index (χ4v) is 5.66. The standard InChI is InChI=1S/C24H28ClF3N6O6S/c1-13(2)40-20(22-30-7-15(25)8-31-22)14(3)41(35,36)11-18-32-33-23-19-21(38-10-16(9-37-4)34(18)23)17(5-6-29-19)39-12-24(26,27)28/h5-8,13-14,16,20H,9-12H2,1-4H3/t14-,16-,20+/m0/s1. The summed E-state index contributed by atoms with van der Waals surface area (Å²) in [4.78, 5) is 12.5. The van der Waals surface area contributed by atoms with E-state index in [1.807, 2.05) is 0 Å². The van der Waals surface area contributed by atoms with Crippen molar-refractivity contribution in [3.63, 3.8) is 0 Å². The maximum atomic E-state index is 13.7. The zero-order valence-corrected chi connectivity index (χ0v) is 24.1. The molecule has 0 fully saturated rings. The van der Waals surface area contributed by atoms with Crippen molar-refractivity contribution >= 4 is 21.4 Å². The predicted molar refractivity (Wildman–Crippen MR) is 139 cm³/mol. The Labute approximate surface area is 239 Å². The number of rotatable bonds is 11. The highest BCUT2D eigenvalue weighted by molar-refractivity contribution is 7.91. The van der Waals surface area contributed by atoms with E-state index in [0.717, 1.165) is 0 Å². The first kappa shape index (κ1) is 30.9. The van der Waals surface area contributed by atoms with Gasteiger partial charge in [0, 0.05) is 31.8 Å². The van der Waals surface area contributed by atoms with Gasteiger partial charge in [0.05, 0.1) is 29.0 Å². The first-order chi connectivity index (χ1) is 19.3. The van der Waals surface area contributed by atoms with Gasteiger partial charge < -0.3 is 18.9 Å². The van der Waals surface area contributed by atoms with Crippen molar-refractivity contribution in [1.82, 2.24) is 29.7 Å². The molecule has 17 heteroatoms. The average Bonchev–Trinajstić information content (AvgIpc) is 3.23. The van der Waals surface area contributed by atoms with Crippen LogP contribution in [0.15, 0.2) is 24.7 Å². The smallest absolute Gasteiger partial charge is 0.422 e. The number of alkyl halides is 3. The number of nitrogens with zero attached hydrogens (tertiary/aromatic N) is 6. The summed E-state index contributed by atoms with van der Waals surface area (Å²) >= 11 is 5.90. The van der Waals surface area contributed by atoms with Crippen LogP contribution in [-0.2, 0) is 25.1 Å². The van der Waals surface area contributed by atoms with Gasteiger partial charge in [-0.25, -0.2) is 23.4 Å². The molecular weight excluding hydrogens is 593 g/mol. The second-order valence-electron chi connectivity index (χ2n) is 9.50. The van der Waals surface area contributed by atoms with Crippen molar-refractivity contribution in [2.75, 3.05) is 26.9 Å². The molecule has 4 heterocycles. The summed E-state index contributed by atoms with van der Waals surface area (Å²) in [6.45, 7) is 3.40. The molecule has 12 nitrogen and oxygen atoms in total. The highest BCUT2D eigenvalue weighted by Crippen LogP contribution is 2.40. The summed E-state index contributed by atoms with van der Waals surface area (Å²) in [5.41, 5.74) is 0.0445. The van der Waals surface area contributed by atoms with Gasteiger partial charge >= 0.3 is 6.18 Å². The monoisotopic (exact) mass is 620 g/mol. The van der Waals surface area contributed by atoms with Crippen LogP contribution in [0.25, 0.3) is 11.5 Å². The highest BCUT2D eigenvalue weighted by atomic mass is 35.5. The molecule has 0 aliphatic carbocycles. The van der Waals surface area contributed by atoms with Gasteiger partial charge in [0.15, 0.2) is 45.3 Å². The molecule has 3 aromatic rings. The second-order valence-corrected chi connectivity index (χ2v) is 12.3. The van der Waals surface area contributed by atoms with E-state index < -0.39 is 45.8 Å². The lowest BCUT2D eigenvalue weighted by Gasteiger charge is -2.25. The molecule has 0 aromatic carbocycles. The maximum absolute atomic E-state index is 13.7. The van der Waals surface area contributed by atoms with Crippen LogP contribution < -0.4 is 9.47 Å². The minimum Gasteiger partial charge on any atom is -0.485 e. The predicted octanol–water partition coefficient (Wildman–Crippen LogP) is 3.77. The van der Waals surface area contributed by atoms with E-state index in [-0.39, 0.29) is 59.0 Å². The molecule has 224 valence electrons.